The summed E-state index contributed by atoms with van der Waals surface area (Å²) in [7, 11) is 0. The van der Waals surface area contributed by atoms with Crippen molar-refractivity contribution in [3.8, 4) is 28.2 Å². The summed E-state index contributed by atoms with van der Waals surface area (Å²) in [6.45, 7) is 6.43. The predicted molar refractivity (Wildman–Crippen MR) is 110 cm³/mol. The second-order valence-corrected chi connectivity index (χ2v) is 7.58. The molecule has 2 aromatic heterocycles. The van der Waals surface area contributed by atoms with Crippen LogP contribution in [0.25, 0.3) is 28.2 Å². The number of aromatic amines is 1. The van der Waals surface area contributed by atoms with Gasteiger partial charge in [-0.1, -0.05) is 35.9 Å². The van der Waals surface area contributed by atoms with E-state index in [9.17, 15) is 0 Å². The lowest BCUT2D eigenvalue weighted by atomic mass is 9.87. The third-order valence-electron chi connectivity index (χ3n) is 5.73. The molecule has 0 amide bonds. The van der Waals surface area contributed by atoms with Gasteiger partial charge in [0.2, 0.25) is 0 Å². The molecular formula is C24H23N3. The first-order chi connectivity index (χ1) is 13.1. The largest absolute Gasteiger partial charge is 0.318 e. The Labute approximate surface area is 159 Å². The summed E-state index contributed by atoms with van der Waals surface area (Å²) in [5.74, 6) is 0. The third-order valence-corrected chi connectivity index (χ3v) is 5.73. The molecule has 0 bridgehead atoms. The Morgan fingerprint density at radius 1 is 0.852 bits per heavy atom. The Morgan fingerprint density at radius 2 is 1.59 bits per heavy atom. The summed E-state index contributed by atoms with van der Waals surface area (Å²) in [5, 5.41) is 8.03. The van der Waals surface area contributed by atoms with E-state index in [2.05, 4.69) is 85.0 Å². The summed E-state index contributed by atoms with van der Waals surface area (Å²) in [6, 6.07) is 19.8. The van der Waals surface area contributed by atoms with Gasteiger partial charge in [-0.05, 0) is 63.4 Å². The van der Waals surface area contributed by atoms with Gasteiger partial charge in [-0.25, -0.2) is 0 Å². The van der Waals surface area contributed by atoms with E-state index in [1.165, 1.54) is 50.6 Å². The molecule has 2 heterocycles. The predicted octanol–water partition coefficient (Wildman–Crippen LogP) is 5.56. The van der Waals surface area contributed by atoms with E-state index in [0.717, 1.165) is 18.5 Å². The Hall–Kier alpha value is -3.07. The molecule has 5 rings (SSSR count). The molecule has 3 nitrogen and oxygen atoms in total. The lowest BCUT2D eigenvalue weighted by Gasteiger charge is -2.19. The molecular weight excluding hydrogens is 330 g/mol. The molecule has 0 aliphatic heterocycles. The van der Waals surface area contributed by atoms with Gasteiger partial charge in [0, 0.05) is 33.8 Å². The van der Waals surface area contributed by atoms with Gasteiger partial charge in [-0.3, -0.25) is 5.10 Å². The average Bonchev–Trinajstić information content (AvgIpc) is 3.25. The topological polar surface area (TPSA) is 33.6 Å². The molecule has 0 atom stereocenters. The van der Waals surface area contributed by atoms with E-state index < -0.39 is 0 Å². The molecule has 1 aliphatic carbocycles. The smallest absolute Gasteiger partial charge is 0.0959 e. The van der Waals surface area contributed by atoms with Gasteiger partial charge >= 0.3 is 0 Å². The molecule has 4 aromatic rings. The van der Waals surface area contributed by atoms with Gasteiger partial charge in [0.25, 0.3) is 0 Å². The standard InChI is InChI=1S/C24H23N3/c1-15-4-8-19(9-5-15)23-21-13-11-18-10-12-20(14-22(18)24(21)26-25-23)27-16(2)6-7-17(27)3/h4-10,12,14H,11,13H2,1-3H3,(H,25,26). The maximum atomic E-state index is 4.69. The maximum Gasteiger partial charge on any atom is 0.0959 e. The van der Waals surface area contributed by atoms with Crippen molar-refractivity contribution in [3.63, 3.8) is 0 Å². The molecule has 134 valence electrons. The minimum Gasteiger partial charge on any atom is -0.318 e. The molecule has 27 heavy (non-hydrogen) atoms. The van der Waals surface area contributed by atoms with Gasteiger partial charge in [0.15, 0.2) is 0 Å². The number of rotatable bonds is 2. The fraction of sp³-hybridized carbons (Fsp3) is 0.208. The van der Waals surface area contributed by atoms with Crippen LogP contribution in [-0.4, -0.2) is 14.8 Å². The van der Waals surface area contributed by atoms with E-state index in [4.69, 9.17) is 5.10 Å². The summed E-state index contributed by atoms with van der Waals surface area (Å²) in [6.07, 6.45) is 2.09. The first kappa shape index (κ1) is 16.1. The monoisotopic (exact) mass is 353 g/mol. The lowest BCUT2D eigenvalue weighted by molar-refractivity contribution is 0.929. The minimum absolute atomic E-state index is 1.03. The van der Waals surface area contributed by atoms with Crippen LogP contribution in [0.1, 0.15) is 28.1 Å². The number of aryl methyl sites for hydroxylation is 4. The van der Waals surface area contributed by atoms with E-state index in [1.807, 2.05) is 0 Å². The fourth-order valence-corrected chi connectivity index (χ4v) is 4.27. The SMILES string of the molecule is Cc1ccc(-c2n[nH]c3c2CCc2ccc(-n4c(C)ccc4C)cc2-3)cc1. The molecule has 1 N–H and O–H groups in total. The van der Waals surface area contributed by atoms with Crippen molar-refractivity contribution in [2.24, 2.45) is 0 Å². The average molecular weight is 353 g/mol. The number of fused-ring (bicyclic) bond motifs is 3. The van der Waals surface area contributed by atoms with E-state index in [0.29, 0.717) is 0 Å². The molecule has 0 saturated carbocycles. The molecule has 0 radical (unpaired) electrons. The maximum absolute atomic E-state index is 4.69. The van der Waals surface area contributed by atoms with Gasteiger partial charge in [0.1, 0.15) is 0 Å². The van der Waals surface area contributed by atoms with Gasteiger partial charge in [0.05, 0.1) is 11.4 Å². The highest BCUT2D eigenvalue weighted by atomic mass is 15.1. The van der Waals surface area contributed by atoms with Gasteiger partial charge in [-0.2, -0.15) is 5.10 Å². The van der Waals surface area contributed by atoms with Crippen molar-refractivity contribution >= 4 is 0 Å². The normalized spacial score (nSPS) is 12.7. The summed E-state index contributed by atoms with van der Waals surface area (Å²) < 4.78 is 2.31. The molecule has 0 spiro atoms. The zero-order valence-corrected chi connectivity index (χ0v) is 16.0. The van der Waals surface area contributed by atoms with E-state index in [1.54, 1.807) is 0 Å². The molecule has 0 unspecified atom stereocenters. The summed E-state index contributed by atoms with van der Waals surface area (Å²) >= 11 is 0. The zero-order chi connectivity index (χ0) is 18.5. The van der Waals surface area contributed by atoms with Crippen LogP contribution in [0.3, 0.4) is 0 Å². The highest BCUT2D eigenvalue weighted by Crippen LogP contribution is 2.38. The van der Waals surface area contributed by atoms with Crippen molar-refractivity contribution in [2.75, 3.05) is 0 Å². The van der Waals surface area contributed by atoms with Crippen molar-refractivity contribution < 1.29 is 0 Å². The number of H-pyrrole nitrogens is 1. The van der Waals surface area contributed by atoms with Crippen LogP contribution in [0.15, 0.2) is 54.6 Å². The van der Waals surface area contributed by atoms with Crippen LogP contribution >= 0.6 is 0 Å². The van der Waals surface area contributed by atoms with Gasteiger partial charge in [-0.15, -0.1) is 0 Å². The number of aromatic nitrogens is 3. The van der Waals surface area contributed by atoms with Crippen LogP contribution in [0.4, 0.5) is 0 Å². The van der Waals surface area contributed by atoms with Crippen molar-refractivity contribution in [3.05, 3.63) is 82.7 Å². The van der Waals surface area contributed by atoms with Crippen LogP contribution in [0.5, 0.6) is 0 Å². The van der Waals surface area contributed by atoms with Gasteiger partial charge < -0.3 is 4.57 Å². The number of benzene rings is 2. The number of hydrogen-bond acceptors (Lipinski definition) is 1. The molecule has 2 aromatic carbocycles. The Kier molecular flexibility index (Phi) is 3.57. The molecule has 3 heteroatoms. The van der Waals surface area contributed by atoms with Crippen molar-refractivity contribution in [1.29, 1.82) is 0 Å². The highest BCUT2D eigenvalue weighted by molar-refractivity contribution is 5.78. The Morgan fingerprint density at radius 3 is 2.33 bits per heavy atom. The summed E-state index contributed by atoms with van der Waals surface area (Å²) in [5.41, 5.74) is 12.5. The second kappa shape index (κ2) is 5.98. The number of hydrogen-bond donors (Lipinski definition) is 1. The zero-order valence-electron chi connectivity index (χ0n) is 16.0. The Balaban J connectivity index is 1.64. The minimum atomic E-state index is 1.03. The van der Waals surface area contributed by atoms with Crippen LogP contribution < -0.4 is 0 Å². The molecule has 0 fully saturated rings. The highest BCUT2D eigenvalue weighted by Gasteiger charge is 2.23. The fourth-order valence-electron chi connectivity index (χ4n) is 4.27. The van der Waals surface area contributed by atoms with E-state index in [-0.39, 0.29) is 0 Å². The lowest BCUT2D eigenvalue weighted by Crippen LogP contribution is -2.06. The van der Waals surface area contributed by atoms with Crippen LogP contribution in [0, 0.1) is 20.8 Å². The van der Waals surface area contributed by atoms with Crippen LogP contribution in [-0.2, 0) is 12.8 Å². The Bertz CT molecular complexity index is 1120. The molecule has 1 aliphatic rings. The molecule has 0 saturated heterocycles. The van der Waals surface area contributed by atoms with Crippen molar-refractivity contribution in [1.82, 2.24) is 14.8 Å². The third kappa shape index (κ3) is 2.54. The van der Waals surface area contributed by atoms with Crippen molar-refractivity contribution in [2.45, 2.75) is 33.6 Å². The first-order valence-corrected chi connectivity index (χ1v) is 9.55. The summed E-state index contributed by atoms with van der Waals surface area (Å²) in [4.78, 5) is 0. The van der Waals surface area contributed by atoms with E-state index >= 15 is 0 Å². The second-order valence-electron chi connectivity index (χ2n) is 7.58. The number of nitrogens with one attached hydrogen (secondary N) is 1. The van der Waals surface area contributed by atoms with Crippen LogP contribution in [0.2, 0.25) is 0 Å². The number of nitrogens with zero attached hydrogens (tertiary/aromatic N) is 2. The first-order valence-electron chi connectivity index (χ1n) is 9.55. The quantitative estimate of drug-likeness (QED) is 0.503.